The molecule has 1 aliphatic rings. The Kier molecular flexibility index (Phi) is 7.96. The molecular formula is C31H38N10O2. The molecule has 0 bridgehead atoms. The van der Waals surface area contributed by atoms with Gasteiger partial charge in [0, 0.05) is 62.3 Å². The number of aliphatic hydroxyl groups is 1. The van der Waals surface area contributed by atoms with Crippen LogP contribution in [-0.2, 0) is 7.05 Å². The number of anilines is 3. The van der Waals surface area contributed by atoms with Gasteiger partial charge in [-0.05, 0) is 51.6 Å². The number of aliphatic hydroxyl groups excluding tert-OH is 1. The summed E-state index contributed by atoms with van der Waals surface area (Å²) in [5.74, 6) is 2.26. The molecule has 1 aromatic carbocycles. The number of imidazole rings is 1. The molecular weight excluding hydrogens is 544 g/mol. The number of rotatable bonds is 9. The van der Waals surface area contributed by atoms with E-state index in [9.17, 15) is 9.90 Å². The van der Waals surface area contributed by atoms with Crippen molar-refractivity contribution in [1.29, 1.82) is 0 Å². The lowest BCUT2D eigenvalue weighted by Gasteiger charge is -2.36. The molecule has 1 saturated heterocycles. The molecule has 0 spiro atoms. The van der Waals surface area contributed by atoms with Gasteiger partial charge in [0.15, 0.2) is 5.82 Å². The highest BCUT2D eigenvalue weighted by Crippen LogP contribution is 2.33. The van der Waals surface area contributed by atoms with Crippen molar-refractivity contribution in [3.8, 4) is 22.6 Å². The van der Waals surface area contributed by atoms with Gasteiger partial charge in [-0.15, -0.1) is 0 Å². The number of hydrogen-bond donors (Lipinski definition) is 3. The number of hydrogen-bond acceptors (Lipinski definition) is 9. The molecule has 1 atom stereocenters. The topological polar surface area (TPSA) is 133 Å². The van der Waals surface area contributed by atoms with Crippen LogP contribution in [0.2, 0.25) is 0 Å². The average Bonchev–Trinajstić information content (AvgIpc) is 3.57. The molecule has 1 aliphatic heterocycles. The van der Waals surface area contributed by atoms with Crippen LogP contribution in [0.25, 0.3) is 28.2 Å². The van der Waals surface area contributed by atoms with Crippen LogP contribution >= 0.6 is 0 Å². The Hall–Kier alpha value is -4.55. The van der Waals surface area contributed by atoms with Crippen LogP contribution in [-0.4, -0.2) is 84.0 Å². The van der Waals surface area contributed by atoms with E-state index in [4.69, 9.17) is 9.97 Å². The zero-order valence-corrected chi connectivity index (χ0v) is 25.0. The molecule has 3 N–H and O–H groups in total. The number of nitrogens with zero attached hydrogens (tertiary/aromatic N) is 8. The Balaban J connectivity index is 1.33. The van der Waals surface area contributed by atoms with Crippen LogP contribution in [0.4, 0.5) is 17.3 Å². The van der Waals surface area contributed by atoms with Crippen molar-refractivity contribution in [2.24, 2.45) is 7.05 Å². The van der Waals surface area contributed by atoms with E-state index in [-0.39, 0.29) is 18.1 Å². The maximum atomic E-state index is 12.4. The van der Waals surface area contributed by atoms with Crippen LogP contribution in [0.1, 0.15) is 37.9 Å². The number of fused-ring (bicyclic) bond motifs is 1. The summed E-state index contributed by atoms with van der Waals surface area (Å²) in [5.41, 5.74) is 4.15. The van der Waals surface area contributed by atoms with E-state index >= 15 is 0 Å². The van der Waals surface area contributed by atoms with Gasteiger partial charge in [-0.2, -0.15) is 0 Å². The first-order valence-corrected chi connectivity index (χ1v) is 14.7. The van der Waals surface area contributed by atoms with Crippen LogP contribution in [0.15, 0.2) is 59.9 Å². The molecule has 12 nitrogen and oxygen atoms in total. The third-order valence-electron chi connectivity index (χ3n) is 8.33. The lowest BCUT2D eigenvalue weighted by atomic mass is 10.0. The summed E-state index contributed by atoms with van der Waals surface area (Å²) in [6.07, 6.45) is 9.79. The minimum absolute atomic E-state index is 0.0187. The first kappa shape index (κ1) is 28.6. The van der Waals surface area contributed by atoms with Crippen LogP contribution in [0, 0.1) is 0 Å². The fourth-order valence-corrected chi connectivity index (χ4v) is 5.76. The maximum Gasteiger partial charge on any atom is 0.277 e. The van der Waals surface area contributed by atoms with E-state index in [1.165, 1.54) is 10.4 Å². The summed E-state index contributed by atoms with van der Waals surface area (Å²) < 4.78 is 3.42. The molecule has 224 valence electrons. The van der Waals surface area contributed by atoms with Crippen molar-refractivity contribution < 1.29 is 5.11 Å². The van der Waals surface area contributed by atoms with Gasteiger partial charge in [0.2, 0.25) is 0 Å². The summed E-state index contributed by atoms with van der Waals surface area (Å²) in [4.78, 5) is 35.8. The molecule has 0 aliphatic carbocycles. The van der Waals surface area contributed by atoms with E-state index in [0.29, 0.717) is 35.5 Å². The number of aromatic nitrogens is 7. The van der Waals surface area contributed by atoms with Crippen molar-refractivity contribution in [1.82, 2.24) is 39.0 Å². The van der Waals surface area contributed by atoms with Gasteiger partial charge in [-0.3, -0.25) is 13.9 Å². The third kappa shape index (κ3) is 5.75. The lowest BCUT2D eigenvalue weighted by Crippen LogP contribution is -2.41. The summed E-state index contributed by atoms with van der Waals surface area (Å²) in [7, 11) is 5.96. The summed E-state index contributed by atoms with van der Waals surface area (Å²) in [5, 5.41) is 15.8. The summed E-state index contributed by atoms with van der Waals surface area (Å²) >= 11 is 0. The predicted octanol–water partition coefficient (Wildman–Crippen LogP) is 3.64. The Morgan fingerprint density at radius 1 is 1.14 bits per heavy atom. The van der Waals surface area contributed by atoms with Gasteiger partial charge in [0.1, 0.15) is 23.0 Å². The van der Waals surface area contributed by atoms with Gasteiger partial charge in [0.05, 0.1) is 23.6 Å². The second kappa shape index (κ2) is 12.0. The highest BCUT2D eigenvalue weighted by molar-refractivity contribution is 5.80. The molecule has 0 amide bonds. The zero-order valence-electron chi connectivity index (χ0n) is 25.0. The fourth-order valence-electron chi connectivity index (χ4n) is 5.76. The largest absolute Gasteiger partial charge is 0.396 e. The van der Waals surface area contributed by atoms with E-state index in [1.54, 1.807) is 25.5 Å². The number of aryl methyl sites for hydroxylation is 1. The Morgan fingerprint density at radius 2 is 1.95 bits per heavy atom. The Morgan fingerprint density at radius 3 is 2.67 bits per heavy atom. The quantitative estimate of drug-likeness (QED) is 0.238. The second-order valence-corrected chi connectivity index (χ2v) is 11.4. The number of aromatic amines is 1. The Labute approximate surface area is 250 Å². The molecule has 4 aromatic heterocycles. The smallest absolute Gasteiger partial charge is 0.277 e. The van der Waals surface area contributed by atoms with E-state index in [0.717, 1.165) is 48.5 Å². The second-order valence-electron chi connectivity index (χ2n) is 11.4. The monoisotopic (exact) mass is 582 g/mol. The molecule has 0 radical (unpaired) electrons. The highest BCUT2D eigenvalue weighted by atomic mass is 16.3. The molecule has 6 rings (SSSR count). The number of nitrogens with one attached hydrogen (secondary N) is 2. The SMILES string of the molecule is CC(CCO)c1nc(-c2cccc(N3CCC(N(C)C)CC3)c2)c2cnc(Nc3ccnc(-c4c[nH]n(C)c4=O)n3)cn12. The third-order valence-corrected chi connectivity index (χ3v) is 8.33. The van der Waals surface area contributed by atoms with Crippen molar-refractivity contribution >= 4 is 22.8 Å². The molecule has 1 fully saturated rings. The van der Waals surface area contributed by atoms with Gasteiger partial charge in [-0.1, -0.05) is 19.1 Å². The van der Waals surface area contributed by atoms with Crippen LogP contribution < -0.4 is 15.8 Å². The fraction of sp³-hybridized carbons (Fsp3) is 0.387. The van der Waals surface area contributed by atoms with E-state index in [1.807, 2.05) is 16.8 Å². The summed E-state index contributed by atoms with van der Waals surface area (Å²) in [6, 6.07) is 10.9. The zero-order chi connectivity index (χ0) is 30.1. The molecule has 1 unspecified atom stereocenters. The molecule has 12 heteroatoms. The predicted molar refractivity (Wildman–Crippen MR) is 168 cm³/mol. The van der Waals surface area contributed by atoms with Crippen molar-refractivity contribution in [3.63, 3.8) is 0 Å². The highest BCUT2D eigenvalue weighted by Gasteiger charge is 2.23. The standard InChI is InChI=1S/C31H38N10O2/c1-20(11-15-42)30-37-28(21-6-5-7-23(16-21)40-13-9-22(10-14-40)38(2)3)25-18-33-27(19-41(25)30)35-26-8-12-32-29(36-26)24-17-34-39(4)31(24)43/h5-8,12,16-20,22,34,42H,9-11,13-15H2,1-4H3,(H,32,35,36). The Bertz CT molecular complexity index is 1780. The van der Waals surface area contributed by atoms with Gasteiger partial charge >= 0.3 is 0 Å². The molecule has 5 heterocycles. The molecule has 5 aromatic rings. The van der Waals surface area contributed by atoms with Gasteiger partial charge in [-0.25, -0.2) is 19.9 Å². The first-order valence-electron chi connectivity index (χ1n) is 14.7. The van der Waals surface area contributed by atoms with Gasteiger partial charge in [0.25, 0.3) is 5.56 Å². The number of H-pyrrole nitrogens is 1. The average molecular weight is 583 g/mol. The summed E-state index contributed by atoms with van der Waals surface area (Å²) in [6.45, 7) is 4.19. The molecule has 43 heavy (non-hydrogen) atoms. The normalized spacial score (nSPS) is 15.0. The van der Waals surface area contributed by atoms with E-state index in [2.05, 4.69) is 75.5 Å². The maximum absolute atomic E-state index is 12.4. The number of piperidine rings is 1. The van der Waals surface area contributed by atoms with Crippen molar-refractivity contribution in [3.05, 3.63) is 71.3 Å². The minimum Gasteiger partial charge on any atom is -0.396 e. The van der Waals surface area contributed by atoms with Crippen LogP contribution in [0.5, 0.6) is 0 Å². The van der Waals surface area contributed by atoms with Gasteiger partial charge < -0.3 is 25.3 Å². The lowest BCUT2D eigenvalue weighted by molar-refractivity contribution is 0.249. The van der Waals surface area contributed by atoms with Crippen molar-refractivity contribution in [2.45, 2.75) is 38.1 Å². The van der Waals surface area contributed by atoms with Crippen molar-refractivity contribution in [2.75, 3.05) is 44.0 Å². The van der Waals surface area contributed by atoms with E-state index < -0.39 is 0 Å². The molecule has 0 saturated carbocycles. The number of benzene rings is 1. The van der Waals surface area contributed by atoms with Crippen LogP contribution in [0.3, 0.4) is 0 Å². The first-order chi connectivity index (χ1) is 20.8. The minimum atomic E-state index is -0.202.